The lowest BCUT2D eigenvalue weighted by atomic mass is 9.49. The van der Waals surface area contributed by atoms with Crippen molar-refractivity contribution in [3.05, 3.63) is 71.8 Å². The molecule has 0 spiro atoms. The van der Waals surface area contributed by atoms with Crippen LogP contribution < -0.4 is 0 Å². The number of nitriles is 3. The molecule has 4 atom stereocenters. The summed E-state index contributed by atoms with van der Waals surface area (Å²) >= 11 is 0. The molecule has 3 aliphatic heterocycles. The van der Waals surface area contributed by atoms with Gasteiger partial charge in [0.1, 0.15) is 6.10 Å². The molecule has 0 aliphatic carbocycles. The van der Waals surface area contributed by atoms with Crippen LogP contribution in [-0.4, -0.2) is 11.7 Å². The largest absolute Gasteiger partial charge is 0.447 e. The van der Waals surface area contributed by atoms with Crippen molar-refractivity contribution in [2.24, 2.45) is 10.8 Å². The maximum Gasteiger partial charge on any atom is 0.219 e. The molecule has 2 bridgehead atoms. The van der Waals surface area contributed by atoms with E-state index in [1.165, 1.54) is 0 Å². The van der Waals surface area contributed by atoms with Gasteiger partial charge in [-0.1, -0.05) is 60.7 Å². The molecule has 3 aliphatic rings. The first-order valence-electron chi connectivity index (χ1n) is 8.78. The van der Waals surface area contributed by atoms with Crippen LogP contribution in [0.5, 0.6) is 0 Å². The van der Waals surface area contributed by atoms with Crippen LogP contribution in [0.25, 0.3) is 0 Å². The van der Waals surface area contributed by atoms with E-state index in [0.29, 0.717) is 11.1 Å². The van der Waals surface area contributed by atoms with Crippen LogP contribution in [0.1, 0.15) is 30.1 Å². The van der Waals surface area contributed by atoms with E-state index in [2.05, 4.69) is 18.2 Å². The third-order valence-electron chi connectivity index (χ3n) is 5.75. The highest BCUT2D eigenvalue weighted by Gasteiger charge is 2.79. The van der Waals surface area contributed by atoms with Crippen molar-refractivity contribution >= 4 is 5.90 Å². The zero-order valence-electron chi connectivity index (χ0n) is 15.1. The Morgan fingerprint density at radius 3 is 1.89 bits per heavy atom. The molecule has 1 N–H and O–H groups in total. The summed E-state index contributed by atoms with van der Waals surface area (Å²) < 4.78 is 12.0. The van der Waals surface area contributed by atoms with Crippen molar-refractivity contribution in [2.75, 3.05) is 0 Å². The van der Waals surface area contributed by atoms with Crippen LogP contribution in [0.2, 0.25) is 0 Å². The molecule has 136 valence electrons. The molecule has 2 aromatic rings. The molecule has 3 heterocycles. The van der Waals surface area contributed by atoms with Gasteiger partial charge in [0.15, 0.2) is 10.8 Å². The second-order valence-electron chi connectivity index (χ2n) is 7.15. The zero-order chi connectivity index (χ0) is 20.0. The standard InChI is InChI=1S/C22H16N4O2/c1-20-17(15-8-4-2-5-9-15)21(12-23,13-24)22(14-25,19(26)28-20)18(27-20)16-10-6-3-7-11-16/h2-11,17-18,26H,1H3/t17-,18-,20+,22+/m0/s1. The van der Waals surface area contributed by atoms with E-state index < -0.39 is 34.5 Å². The smallest absolute Gasteiger partial charge is 0.219 e. The highest BCUT2D eigenvalue weighted by Crippen LogP contribution is 2.69. The second-order valence-corrected chi connectivity index (χ2v) is 7.15. The minimum atomic E-state index is -1.91. The Bertz CT molecular complexity index is 1050. The van der Waals surface area contributed by atoms with Crippen LogP contribution in [0, 0.1) is 50.2 Å². The van der Waals surface area contributed by atoms with Gasteiger partial charge >= 0.3 is 0 Å². The fourth-order valence-electron chi connectivity index (χ4n) is 4.55. The fraction of sp³-hybridized carbons (Fsp3) is 0.273. The van der Waals surface area contributed by atoms with Gasteiger partial charge in [0.25, 0.3) is 0 Å². The molecule has 5 rings (SSSR count). The molecule has 0 unspecified atom stereocenters. The number of hydrogen-bond acceptors (Lipinski definition) is 6. The molecule has 2 aromatic carbocycles. The van der Waals surface area contributed by atoms with E-state index in [1.807, 2.05) is 12.1 Å². The summed E-state index contributed by atoms with van der Waals surface area (Å²) in [6.45, 7) is 1.62. The van der Waals surface area contributed by atoms with Gasteiger partial charge in [0.05, 0.1) is 24.1 Å². The van der Waals surface area contributed by atoms with Crippen LogP contribution in [-0.2, 0) is 9.47 Å². The summed E-state index contributed by atoms with van der Waals surface area (Å²) in [5, 5.41) is 39.3. The fourth-order valence-corrected chi connectivity index (χ4v) is 4.55. The lowest BCUT2D eigenvalue weighted by Gasteiger charge is -2.61. The summed E-state index contributed by atoms with van der Waals surface area (Å²) in [6, 6.07) is 24.2. The van der Waals surface area contributed by atoms with E-state index >= 15 is 0 Å². The first kappa shape index (κ1) is 17.7. The molecular formula is C22H16N4O2. The van der Waals surface area contributed by atoms with Crippen LogP contribution in [0.4, 0.5) is 0 Å². The van der Waals surface area contributed by atoms with E-state index in [9.17, 15) is 15.8 Å². The molecule has 3 fully saturated rings. The first-order chi connectivity index (χ1) is 13.5. The minimum Gasteiger partial charge on any atom is -0.447 e. The number of nitrogens with one attached hydrogen (secondary N) is 1. The predicted molar refractivity (Wildman–Crippen MR) is 98.4 cm³/mol. The SMILES string of the molecule is C[C@]12OC(=N)[C@@](C#N)([C@H](c3ccccc3)O1)C(C#N)(C#N)[C@H]2c1ccccc1. The highest BCUT2D eigenvalue weighted by molar-refractivity contribution is 5.89. The Morgan fingerprint density at radius 2 is 1.39 bits per heavy atom. The Hall–Kier alpha value is -3.66. The van der Waals surface area contributed by atoms with Gasteiger partial charge in [-0.3, -0.25) is 5.41 Å². The number of fused-ring (bicyclic) bond motifs is 3. The minimum absolute atomic E-state index is 0.409. The van der Waals surface area contributed by atoms with Crippen molar-refractivity contribution in [1.29, 1.82) is 21.2 Å². The normalized spacial score (nSPS) is 32.4. The van der Waals surface area contributed by atoms with Crippen molar-refractivity contribution < 1.29 is 9.47 Å². The molecule has 0 saturated carbocycles. The molecular weight excluding hydrogens is 352 g/mol. The summed E-state index contributed by atoms with van der Waals surface area (Å²) in [5.41, 5.74) is -2.52. The van der Waals surface area contributed by atoms with Gasteiger partial charge in [-0.05, 0) is 11.1 Å². The molecule has 6 nitrogen and oxygen atoms in total. The summed E-state index contributed by atoms with van der Waals surface area (Å²) in [6.07, 6.45) is -0.982. The summed E-state index contributed by atoms with van der Waals surface area (Å²) in [7, 11) is 0. The number of hydrogen-bond donors (Lipinski definition) is 1. The highest BCUT2D eigenvalue weighted by atomic mass is 16.7. The van der Waals surface area contributed by atoms with Crippen LogP contribution in [0.3, 0.4) is 0 Å². The number of nitrogens with zero attached hydrogens (tertiary/aromatic N) is 3. The average molecular weight is 368 g/mol. The van der Waals surface area contributed by atoms with E-state index in [1.54, 1.807) is 55.5 Å². The third-order valence-corrected chi connectivity index (χ3v) is 5.75. The molecule has 0 radical (unpaired) electrons. The Morgan fingerprint density at radius 1 is 0.857 bits per heavy atom. The topological polar surface area (TPSA) is 114 Å². The molecule has 28 heavy (non-hydrogen) atoms. The number of benzene rings is 2. The quantitative estimate of drug-likeness (QED) is 0.866. The Balaban J connectivity index is 2.05. The maximum atomic E-state index is 10.3. The average Bonchev–Trinajstić information content (AvgIpc) is 2.73. The molecule has 0 amide bonds. The van der Waals surface area contributed by atoms with Crippen molar-refractivity contribution in [3.63, 3.8) is 0 Å². The van der Waals surface area contributed by atoms with Crippen LogP contribution in [0.15, 0.2) is 60.7 Å². The molecule has 6 heteroatoms. The number of rotatable bonds is 2. The van der Waals surface area contributed by atoms with Crippen molar-refractivity contribution in [2.45, 2.75) is 24.7 Å². The second kappa shape index (κ2) is 5.92. The van der Waals surface area contributed by atoms with E-state index in [0.717, 1.165) is 0 Å². The van der Waals surface area contributed by atoms with Gasteiger partial charge in [-0.25, -0.2) is 0 Å². The third kappa shape index (κ3) is 1.94. The molecule has 0 aromatic heterocycles. The monoisotopic (exact) mass is 368 g/mol. The Kier molecular flexibility index (Phi) is 3.75. The van der Waals surface area contributed by atoms with Gasteiger partial charge < -0.3 is 9.47 Å². The molecule has 3 saturated heterocycles. The lowest BCUT2D eigenvalue weighted by Crippen LogP contribution is -2.70. The van der Waals surface area contributed by atoms with Crippen molar-refractivity contribution in [3.8, 4) is 18.2 Å². The van der Waals surface area contributed by atoms with Gasteiger partial charge in [-0.15, -0.1) is 0 Å². The van der Waals surface area contributed by atoms with E-state index in [-0.39, 0.29) is 0 Å². The van der Waals surface area contributed by atoms with Gasteiger partial charge in [0, 0.05) is 6.92 Å². The van der Waals surface area contributed by atoms with Crippen molar-refractivity contribution in [1.82, 2.24) is 0 Å². The zero-order valence-corrected chi connectivity index (χ0v) is 15.1. The van der Waals surface area contributed by atoms with Gasteiger partial charge in [-0.2, -0.15) is 15.8 Å². The van der Waals surface area contributed by atoms with Crippen LogP contribution >= 0.6 is 0 Å². The predicted octanol–water partition coefficient (Wildman–Crippen LogP) is 3.81. The van der Waals surface area contributed by atoms with Gasteiger partial charge in [0.2, 0.25) is 11.7 Å². The number of ether oxygens (including phenoxy) is 2. The van der Waals surface area contributed by atoms with E-state index in [4.69, 9.17) is 14.9 Å². The Labute approximate surface area is 162 Å². The summed E-state index contributed by atoms with van der Waals surface area (Å²) in [4.78, 5) is 0. The summed E-state index contributed by atoms with van der Waals surface area (Å²) in [5.74, 6) is -2.74. The first-order valence-corrected chi connectivity index (χ1v) is 8.78. The lowest BCUT2D eigenvalue weighted by molar-refractivity contribution is -0.323. The maximum absolute atomic E-state index is 10.3.